The molecule has 1 amide bonds. The van der Waals surface area contributed by atoms with Crippen molar-refractivity contribution in [1.82, 2.24) is 10.0 Å². The minimum atomic E-state index is -3.70. The molecule has 0 bridgehead atoms. The highest BCUT2D eigenvalue weighted by atomic mass is 32.2. The molecule has 0 radical (unpaired) electrons. The Morgan fingerprint density at radius 3 is 2.16 bits per heavy atom. The smallest absolute Gasteiger partial charge is 0.268 e. The lowest BCUT2D eigenvalue weighted by atomic mass is 10.0. The molecule has 3 aromatic carbocycles. The summed E-state index contributed by atoms with van der Waals surface area (Å²) in [5.74, 6) is -0.266. The van der Waals surface area contributed by atoms with Crippen LogP contribution < -0.4 is 14.8 Å². The second kappa shape index (κ2) is 12.2. The van der Waals surface area contributed by atoms with Crippen molar-refractivity contribution in [1.29, 1.82) is 0 Å². The van der Waals surface area contributed by atoms with Crippen molar-refractivity contribution in [2.75, 3.05) is 12.8 Å². The fourth-order valence-corrected chi connectivity index (χ4v) is 4.29. The summed E-state index contributed by atoms with van der Waals surface area (Å²) >= 11 is 0. The van der Waals surface area contributed by atoms with Gasteiger partial charge in [0.1, 0.15) is 11.5 Å². The lowest BCUT2D eigenvalue weighted by molar-refractivity contribution is 0.0976. The quantitative estimate of drug-likeness (QED) is 0.300. The zero-order valence-corrected chi connectivity index (χ0v) is 22.2. The number of aromatic hydroxyl groups is 1. The van der Waals surface area contributed by atoms with Gasteiger partial charge in [0.25, 0.3) is 5.91 Å². The molecule has 0 spiro atoms. The van der Waals surface area contributed by atoms with Crippen molar-refractivity contribution in [2.45, 2.75) is 45.4 Å². The number of phenolic OH excluding ortho intramolecular Hbond substituents is 1. The largest absolute Gasteiger partial charge is 0.508 e. The second-order valence-corrected chi connectivity index (χ2v) is 11.1. The number of sulfonamides is 1. The van der Waals surface area contributed by atoms with Gasteiger partial charge in [-0.05, 0) is 80.3 Å². The van der Waals surface area contributed by atoms with Crippen molar-refractivity contribution in [3.05, 3.63) is 83.4 Å². The van der Waals surface area contributed by atoms with Gasteiger partial charge in [-0.3, -0.25) is 4.79 Å². The van der Waals surface area contributed by atoms with Crippen LogP contribution in [0.3, 0.4) is 0 Å². The van der Waals surface area contributed by atoms with E-state index in [0.717, 1.165) is 34.9 Å². The number of hydrogen-bond donors (Lipinski definition) is 4. The van der Waals surface area contributed by atoms with Crippen LogP contribution in [0.4, 0.5) is 0 Å². The maximum atomic E-state index is 12.4. The number of nitrogens with one attached hydrogen (secondary N) is 2. The first-order valence-electron chi connectivity index (χ1n) is 12.1. The predicted molar refractivity (Wildman–Crippen MR) is 144 cm³/mol. The molecule has 2 atom stereocenters. The van der Waals surface area contributed by atoms with E-state index in [4.69, 9.17) is 4.74 Å². The Morgan fingerprint density at radius 1 is 0.946 bits per heavy atom. The van der Waals surface area contributed by atoms with E-state index >= 15 is 0 Å². The number of amides is 1. The monoisotopic (exact) mass is 526 g/mol. The van der Waals surface area contributed by atoms with Gasteiger partial charge in [-0.15, -0.1) is 0 Å². The Morgan fingerprint density at radius 2 is 1.57 bits per heavy atom. The van der Waals surface area contributed by atoms with E-state index in [-0.39, 0.29) is 23.5 Å². The average molecular weight is 527 g/mol. The maximum absolute atomic E-state index is 12.4. The number of rotatable bonds is 11. The lowest BCUT2D eigenvalue weighted by Crippen LogP contribution is -2.33. The van der Waals surface area contributed by atoms with Crippen LogP contribution in [0.5, 0.6) is 11.5 Å². The van der Waals surface area contributed by atoms with Gasteiger partial charge in [0.05, 0.1) is 24.0 Å². The normalized spacial score (nSPS) is 13.2. The van der Waals surface area contributed by atoms with Crippen LogP contribution in [0, 0.1) is 0 Å². The fraction of sp³-hybridized carbons (Fsp3) is 0.321. The Balaban J connectivity index is 1.65. The van der Waals surface area contributed by atoms with Crippen LogP contribution in [0.25, 0.3) is 11.1 Å². The van der Waals surface area contributed by atoms with Gasteiger partial charge in [-0.25, -0.2) is 13.1 Å². The Kier molecular flexibility index (Phi) is 9.31. The molecular formula is C28H34N2O6S. The van der Waals surface area contributed by atoms with Crippen LogP contribution in [-0.2, 0) is 16.4 Å². The molecule has 0 saturated heterocycles. The molecule has 0 aliphatic carbocycles. The minimum Gasteiger partial charge on any atom is -0.508 e. The van der Waals surface area contributed by atoms with Gasteiger partial charge < -0.3 is 20.3 Å². The highest BCUT2D eigenvalue weighted by Gasteiger charge is 2.18. The van der Waals surface area contributed by atoms with Crippen molar-refractivity contribution < 1.29 is 28.2 Å². The van der Waals surface area contributed by atoms with E-state index in [0.29, 0.717) is 12.3 Å². The number of carbonyl (C=O) groups is 1. The van der Waals surface area contributed by atoms with Crippen molar-refractivity contribution in [3.63, 3.8) is 0 Å². The van der Waals surface area contributed by atoms with Gasteiger partial charge in [0.15, 0.2) is 0 Å². The zero-order chi connectivity index (χ0) is 27.2. The zero-order valence-electron chi connectivity index (χ0n) is 21.4. The van der Waals surface area contributed by atoms with Crippen molar-refractivity contribution >= 4 is 15.9 Å². The van der Waals surface area contributed by atoms with E-state index in [1.165, 1.54) is 0 Å². The summed E-state index contributed by atoms with van der Waals surface area (Å²) in [6, 6.07) is 19.4. The van der Waals surface area contributed by atoms with Gasteiger partial charge >= 0.3 is 0 Å². The molecule has 0 fully saturated rings. The summed E-state index contributed by atoms with van der Waals surface area (Å²) in [7, 11) is -3.70. The van der Waals surface area contributed by atoms with Gasteiger partial charge in [-0.1, -0.05) is 42.5 Å². The molecule has 0 aromatic heterocycles. The molecule has 8 nitrogen and oxygen atoms in total. The number of benzene rings is 3. The van der Waals surface area contributed by atoms with E-state index < -0.39 is 22.0 Å². The van der Waals surface area contributed by atoms with E-state index in [9.17, 15) is 23.4 Å². The first-order valence-corrected chi connectivity index (χ1v) is 13.9. The number of aliphatic hydroxyl groups is 1. The molecule has 0 unspecified atom stereocenters. The fourth-order valence-electron chi connectivity index (χ4n) is 3.84. The lowest BCUT2D eigenvalue weighted by Gasteiger charge is -2.21. The topological polar surface area (TPSA) is 125 Å². The molecule has 0 heterocycles. The minimum absolute atomic E-state index is 0.147. The van der Waals surface area contributed by atoms with Gasteiger partial charge in [-0.2, -0.15) is 0 Å². The number of aliphatic hydroxyl groups excluding tert-OH is 1. The third-order valence-corrected chi connectivity index (χ3v) is 6.30. The van der Waals surface area contributed by atoms with Crippen molar-refractivity contribution in [3.8, 4) is 22.6 Å². The Bertz CT molecular complexity index is 1310. The third kappa shape index (κ3) is 8.31. The van der Waals surface area contributed by atoms with E-state index in [1.54, 1.807) is 42.5 Å². The molecule has 0 saturated carbocycles. The second-order valence-electron chi connectivity index (χ2n) is 9.31. The highest BCUT2D eigenvalue weighted by Crippen LogP contribution is 2.29. The molecule has 9 heteroatoms. The molecule has 37 heavy (non-hydrogen) atoms. The molecule has 3 aromatic rings. The number of phenols is 1. The van der Waals surface area contributed by atoms with E-state index in [2.05, 4.69) is 5.32 Å². The standard InChI is InChI=1S/C28H34N2O6S/c1-18(2)36-26-17-23(11-14-25(26)28(33)30-37(4,34)35)21-7-5-20(6-8-21)15-16-29-19(3)27(32)22-9-12-24(31)13-10-22/h5-14,17-19,27,29,31-32H,15-16H2,1-4H3,(H,30,33)/t19-,27+/m0/s1. The predicted octanol–water partition coefficient (Wildman–Crippen LogP) is 3.79. The number of ether oxygens (including phenoxy) is 1. The molecular weight excluding hydrogens is 492 g/mol. The third-order valence-electron chi connectivity index (χ3n) is 5.74. The summed E-state index contributed by atoms with van der Waals surface area (Å²) in [5, 5.41) is 23.3. The maximum Gasteiger partial charge on any atom is 0.268 e. The summed E-state index contributed by atoms with van der Waals surface area (Å²) in [4.78, 5) is 12.4. The summed E-state index contributed by atoms with van der Waals surface area (Å²) in [6.45, 7) is 6.25. The summed E-state index contributed by atoms with van der Waals surface area (Å²) < 4.78 is 30.8. The van der Waals surface area contributed by atoms with Crippen LogP contribution in [0.15, 0.2) is 66.7 Å². The van der Waals surface area contributed by atoms with Crippen molar-refractivity contribution in [2.24, 2.45) is 0 Å². The molecule has 0 aliphatic rings. The van der Waals surface area contributed by atoms with Gasteiger partial charge in [0, 0.05) is 6.04 Å². The highest BCUT2D eigenvalue weighted by molar-refractivity contribution is 7.89. The average Bonchev–Trinajstić information content (AvgIpc) is 2.83. The summed E-state index contributed by atoms with van der Waals surface area (Å²) in [6.07, 6.45) is 0.800. The van der Waals surface area contributed by atoms with Gasteiger partial charge in [0.2, 0.25) is 10.0 Å². The van der Waals surface area contributed by atoms with Crippen LogP contribution in [0.2, 0.25) is 0 Å². The SMILES string of the molecule is CC(C)Oc1cc(-c2ccc(CCN[C@@H](C)[C@@H](O)c3ccc(O)cc3)cc2)ccc1C(=O)NS(C)(=O)=O. The molecule has 198 valence electrons. The Hall–Kier alpha value is -3.40. The number of hydrogen-bond acceptors (Lipinski definition) is 7. The number of carbonyl (C=O) groups excluding carboxylic acids is 1. The first kappa shape index (κ1) is 28.2. The van der Waals surface area contributed by atoms with Crippen LogP contribution in [0.1, 0.15) is 48.4 Å². The summed E-state index contributed by atoms with van der Waals surface area (Å²) in [5.41, 5.74) is 3.76. The first-order chi connectivity index (χ1) is 17.4. The molecule has 0 aliphatic heterocycles. The molecule has 3 rings (SSSR count). The van der Waals surface area contributed by atoms with Crippen LogP contribution >= 0.6 is 0 Å². The Labute approximate surface area is 218 Å². The van der Waals surface area contributed by atoms with E-state index in [1.807, 2.05) is 49.8 Å². The van der Waals surface area contributed by atoms with Crippen LogP contribution in [-0.4, -0.2) is 49.5 Å². The molecule has 4 N–H and O–H groups in total.